The molecule has 26 heavy (non-hydrogen) atoms. The smallest absolute Gasteiger partial charge is 0.309 e. The third kappa shape index (κ3) is 4.09. The molecule has 1 amide bonds. The highest BCUT2D eigenvalue weighted by atomic mass is 35.5. The molecule has 140 valence electrons. The van der Waals surface area contributed by atoms with Crippen molar-refractivity contribution in [2.75, 3.05) is 5.32 Å². The van der Waals surface area contributed by atoms with E-state index in [1.54, 1.807) is 19.1 Å². The molecule has 0 radical (unpaired) electrons. The van der Waals surface area contributed by atoms with Crippen LogP contribution in [0, 0.1) is 24.7 Å². The number of carbonyl (C=O) groups excluding carboxylic acids is 3. The average Bonchev–Trinajstić information content (AvgIpc) is 2.57. The second kappa shape index (κ2) is 7.78. The van der Waals surface area contributed by atoms with Gasteiger partial charge in [-0.2, -0.15) is 0 Å². The van der Waals surface area contributed by atoms with Crippen LogP contribution in [-0.2, 0) is 19.1 Å². The Bertz CT molecular complexity index is 717. The van der Waals surface area contributed by atoms with Crippen molar-refractivity contribution in [2.45, 2.75) is 52.1 Å². The molecule has 5 nitrogen and oxygen atoms in total. The predicted octanol–water partition coefficient (Wildman–Crippen LogP) is 3.91. The Kier molecular flexibility index (Phi) is 5.66. The van der Waals surface area contributed by atoms with Crippen LogP contribution < -0.4 is 5.32 Å². The number of hydrogen-bond donors (Lipinski definition) is 1. The third-order valence-corrected chi connectivity index (χ3v) is 5.74. The first-order chi connectivity index (χ1) is 12.3. The second-order valence-corrected chi connectivity index (χ2v) is 7.86. The van der Waals surface area contributed by atoms with Gasteiger partial charge in [0.2, 0.25) is 0 Å². The molecule has 3 rings (SSSR count). The van der Waals surface area contributed by atoms with Crippen LogP contribution in [0.4, 0.5) is 5.69 Å². The maximum Gasteiger partial charge on any atom is 0.309 e. The maximum absolute atomic E-state index is 12.5. The number of halogens is 1. The van der Waals surface area contributed by atoms with Crippen LogP contribution in [0.25, 0.3) is 0 Å². The van der Waals surface area contributed by atoms with Crippen molar-refractivity contribution < 1.29 is 19.1 Å². The zero-order valence-electron chi connectivity index (χ0n) is 15.1. The summed E-state index contributed by atoms with van der Waals surface area (Å²) in [7, 11) is 0. The number of ether oxygens (including phenoxy) is 1. The quantitative estimate of drug-likeness (QED) is 0.807. The van der Waals surface area contributed by atoms with Gasteiger partial charge < -0.3 is 10.1 Å². The highest BCUT2D eigenvalue weighted by Crippen LogP contribution is 2.40. The highest BCUT2D eigenvalue weighted by molar-refractivity contribution is 6.31. The molecular weight excluding hydrogens is 354 g/mol. The Morgan fingerprint density at radius 1 is 1.23 bits per heavy atom. The number of amides is 1. The van der Waals surface area contributed by atoms with Gasteiger partial charge >= 0.3 is 5.97 Å². The number of benzene rings is 1. The molecule has 1 aromatic carbocycles. The van der Waals surface area contributed by atoms with Gasteiger partial charge in [0, 0.05) is 22.5 Å². The lowest BCUT2D eigenvalue weighted by molar-refractivity contribution is -0.161. The van der Waals surface area contributed by atoms with Gasteiger partial charge in [0.25, 0.3) is 5.91 Å². The minimum atomic E-state index is -0.904. The Hall–Kier alpha value is -1.88. The molecule has 2 fully saturated rings. The number of fused-ring (bicyclic) bond motifs is 2. The van der Waals surface area contributed by atoms with Gasteiger partial charge in [0.05, 0.1) is 5.92 Å². The number of Topliss-reactive ketones (excluding diaryl/α,β-unsaturated/α-hetero) is 1. The topological polar surface area (TPSA) is 72.5 Å². The lowest BCUT2D eigenvalue weighted by Gasteiger charge is -2.36. The SMILES string of the molecule is Cc1ccc(Cl)cc1NC(=O)[C@H](C)OC(=O)C1C[C@H]2CCC[C@@H](C1)C2=O. The van der Waals surface area contributed by atoms with E-state index in [2.05, 4.69) is 5.32 Å². The number of hydrogen-bond acceptors (Lipinski definition) is 4. The van der Waals surface area contributed by atoms with Gasteiger partial charge in [-0.05, 0) is 57.2 Å². The van der Waals surface area contributed by atoms with Crippen LogP contribution in [0.2, 0.25) is 5.02 Å². The van der Waals surface area contributed by atoms with Crippen molar-refractivity contribution in [3.8, 4) is 0 Å². The fraction of sp³-hybridized carbons (Fsp3) is 0.550. The first kappa shape index (κ1) is 18.9. The standard InChI is InChI=1S/C20H24ClNO4/c1-11-6-7-16(21)10-17(11)22-19(24)12(2)26-20(25)15-8-13-4-3-5-14(9-15)18(13)23/h6-7,10,12-15H,3-5,8-9H2,1-2H3,(H,22,24)/t12-,13-,14+,15?/m0/s1. The molecular formula is C20H24ClNO4. The third-order valence-electron chi connectivity index (χ3n) is 5.50. The Morgan fingerprint density at radius 2 is 1.88 bits per heavy atom. The Balaban J connectivity index is 1.58. The van der Waals surface area contributed by atoms with Crippen molar-refractivity contribution in [1.29, 1.82) is 0 Å². The monoisotopic (exact) mass is 377 g/mol. The minimum absolute atomic E-state index is 0.0155. The van der Waals surface area contributed by atoms with Gasteiger partial charge in [-0.25, -0.2) is 0 Å². The van der Waals surface area contributed by atoms with Crippen molar-refractivity contribution in [2.24, 2.45) is 17.8 Å². The average molecular weight is 378 g/mol. The molecule has 4 atom stereocenters. The van der Waals surface area contributed by atoms with Gasteiger partial charge in [-0.15, -0.1) is 0 Å². The summed E-state index contributed by atoms with van der Waals surface area (Å²) in [5.41, 5.74) is 1.48. The largest absolute Gasteiger partial charge is 0.452 e. The summed E-state index contributed by atoms with van der Waals surface area (Å²) in [4.78, 5) is 37.0. The van der Waals surface area contributed by atoms with Gasteiger partial charge in [-0.1, -0.05) is 24.1 Å². The fourth-order valence-corrected chi connectivity index (χ4v) is 4.13. The summed E-state index contributed by atoms with van der Waals surface area (Å²) < 4.78 is 5.40. The molecule has 1 N–H and O–H groups in total. The highest BCUT2D eigenvalue weighted by Gasteiger charge is 2.42. The zero-order chi connectivity index (χ0) is 18.8. The number of rotatable bonds is 4. The first-order valence-electron chi connectivity index (χ1n) is 9.16. The lowest BCUT2D eigenvalue weighted by atomic mass is 9.67. The molecule has 0 spiro atoms. The van der Waals surface area contributed by atoms with E-state index in [4.69, 9.17) is 16.3 Å². The molecule has 0 aliphatic heterocycles. The van der Waals surface area contributed by atoms with Crippen molar-refractivity contribution in [3.05, 3.63) is 28.8 Å². The maximum atomic E-state index is 12.5. The Labute approximate surface area is 158 Å². The molecule has 2 aliphatic rings. The van der Waals surface area contributed by atoms with Gasteiger partial charge in [0.1, 0.15) is 5.78 Å². The molecule has 2 aliphatic carbocycles. The van der Waals surface area contributed by atoms with Crippen LogP contribution >= 0.6 is 11.6 Å². The number of esters is 1. The lowest BCUT2D eigenvalue weighted by Crippen LogP contribution is -2.41. The Morgan fingerprint density at radius 3 is 2.54 bits per heavy atom. The number of ketones is 1. The minimum Gasteiger partial charge on any atom is -0.452 e. The van der Waals surface area contributed by atoms with E-state index >= 15 is 0 Å². The first-order valence-corrected chi connectivity index (χ1v) is 9.54. The molecule has 0 heterocycles. The summed E-state index contributed by atoms with van der Waals surface area (Å²) in [5.74, 6) is -0.777. The van der Waals surface area contributed by atoms with E-state index in [1.807, 2.05) is 13.0 Å². The van der Waals surface area contributed by atoms with Crippen LogP contribution in [0.1, 0.15) is 44.6 Å². The van der Waals surface area contributed by atoms with E-state index in [0.29, 0.717) is 29.3 Å². The number of carbonyl (C=O) groups is 3. The van der Waals surface area contributed by atoms with E-state index in [-0.39, 0.29) is 23.7 Å². The van der Waals surface area contributed by atoms with Crippen molar-refractivity contribution in [3.63, 3.8) is 0 Å². The molecule has 1 aromatic rings. The normalized spacial score (nSPS) is 26.1. The van der Waals surface area contributed by atoms with Crippen LogP contribution in [-0.4, -0.2) is 23.8 Å². The van der Waals surface area contributed by atoms with E-state index in [9.17, 15) is 14.4 Å². The molecule has 6 heteroatoms. The van der Waals surface area contributed by atoms with Gasteiger partial charge in [-0.3, -0.25) is 14.4 Å². The van der Waals surface area contributed by atoms with E-state index in [1.165, 1.54) is 0 Å². The molecule has 2 bridgehead atoms. The molecule has 0 saturated heterocycles. The van der Waals surface area contributed by atoms with Crippen LogP contribution in [0.5, 0.6) is 0 Å². The number of nitrogens with one attached hydrogen (secondary N) is 1. The summed E-state index contributed by atoms with van der Waals surface area (Å²) in [6.07, 6.45) is 2.98. The second-order valence-electron chi connectivity index (χ2n) is 7.42. The summed E-state index contributed by atoms with van der Waals surface area (Å²) in [6.45, 7) is 3.42. The number of aryl methyl sites for hydroxylation is 1. The van der Waals surface area contributed by atoms with E-state index < -0.39 is 12.0 Å². The van der Waals surface area contributed by atoms with Crippen molar-refractivity contribution in [1.82, 2.24) is 0 Å². The van der Waals surface area contributed by atoms with Crippen LogP contribution in [0.3, 0.4) is 0 Å². The summed E-state index contributed by atoms with van der Waals surface area (Å²) >= 11 is 5.96. The fourth-order valence-electron chi connectivity index (χ4n) is 3.96. The zero-order valence-corrected chi connectivity index (χ0v) is 15.8. The number of anilines is 1. The van der Waals surface area contributed by atoms with E-state index in [0.717, 1.165) is 24.8 Å². The molecule has 2 saturated carbocycles. The van der Waals surface area contributed by atoms with Gasteiger partial charge in [0.15, 0.2) is 6.10 Å². The molecule has 0 aromatic heterocycles. The summed E-state index contributed by atoms with van der Waals surface area (Å²) in [6, 6.07) is 5.22. The predicted molar refractivity (Wildman–Crippen MR) is 98.9 cm³/mol. The van der Waals surface area contributed by atoms with Crippen LogP contribution in [0.15, 0.2) is 18.2 Å². The summed E-state index contributed by atoms with van der Waals surface area (Å²) in [5, 5.41) is 3.27. The van der Waals surface area contributed by atoms with Crippen molar-refractivity contribution >= 4 is 34.9 Å². The molecule has 1 unspecified atom stereocenters.